The van der Waals surface area contributed by atoms with Gasteiger partial charge in [-0.15, -0.1) is 0 Å². The van der Waals surface area contributed by atoms with Crippen LogP contribution in [0.2, 0.25) is 10.0 Å². The van der Waals surface area contributed by atoms with Crippen molar-refractivity contribution in [3.63, 3.8) is 0 Å². The van der Waals surface area contributed by atoms with Crippen molar-refractivity contribution in [1.29, 1.82) is 0 Å². The lowest BCUT2D eigenvalue weighted by atomic mass is 9.99. The summed E-state index contributed by atoms with van der Waals surface area (Å²) in [7, 11) is 1.53. The highest BCUT2D eigenvalue weighted by molar-refractivity contribution is 6.32. The summed E-state index contributed by atoms with van der Waals surface area (Å²) in [6, 6.07) is 8.92. The molecule has 0 amide bonds. The van der Waals surface area contributed by atoms with E-state index in [-0.39, 0.29) is 0 Å². The minimum absolute atomic E-state index is 0.334. The van der Waals surface area contributed by atoms with Crippen molar-refractivity contribution >= 4 is 23.2 Å². The van der Waals surface area contributed by atoms with E-state index in [2.05, 4.69) is 0 Å². The van der Waals surface area contributed by atoms with Crippen LogP contribution in [0.1, 0.15) is 17.2 Å². The normalized spacial score (nSPS) is 12.3. The van der Waals surface area contributed by atoms with Crippen LogP contribution in [0.5, 0.6) is 5.75 Å². The summed E-state index contributed by atoms with van der Waals surface area (Å²) in [6.07, 6.45) is 0. The van der Waals surface area contributed by atoms with Gasteiger partial charge in [0.1, 0.15) is 11.6 Å². The molecule has 0 saturated heterocycles. The van der Waals surface area contributed by atoms with E-state index < -0.39 is 11.9 Å². The Bertz CT molecular complexity index is 604. The average Bonchev–Trinajstić information content (AvgIpc) is 2.38. The highest BCUT2D eigenvalue weighted by atomic mass is 35.5. The van der Waals surface area contributed by atoms with Crippen LogP contribution in [-0.2, 0) is 0 Å². The second kappa shape index (κ2) is 5.78. The lowest BCUT2D eigenvalue weighted by Gasteiger charge is -2.15. The van der Waals surface area contributed by atoms with Crippen LogP contribution in [0.25, 0.3) is 0 Å². The summed E-state index contributed by atoms with van der Waals surface area (Å²) in [5.41, 5.74) is 7.11. The van der Waals surface area contributed by atoms with E-state index in [0.29, 0.717) is 26.9 Å². The minimum Gasteiger partial charge on any atom is -0.495 e. The molecule has 0 aromatic heterocycles. The predicted molar refractivity (Wildman–Crippen MR) is 75.4 cm³/mol. The smallest absolute Gasteiger partial charge is 0.137 e. The number of halogens is 3. The molecule has 2 nitrogen and oxygen atoms in total. The molecule has 2 aromatic carbocycles. The average molecular weight is 300 g/mol. The number of benzene rings is 2. The molecule has 2 rings (SSSR count). The minimum atomic E-state index is -0.610. The SMILES string of the molecule is COc1ccc(C(N)c2ccc(Cl)cc2F)cc1Cl. The molecule has 1 unspecified atom stereocenters. The molecular weight excluding hydrogens is 288 g/mol. The largest absolute Gasteiger partial charge is 0.495 e. The van der Waals surface area contributed by atoms with Crippen molar-refractivity contribution in [2.45, 2.75) is 6.04 Å². The van der Waals surface area contributed by atoms with E-state index in [1.807, 2.05) is 0 Å². The van der Waals surface area contributed by atoms with E-state index in [4.69, 9.17) is 33.7 Å². The molecule has 2 N–H and O–H groups in total. The third kappa shape index (κ3) is 3.00. The molecular formula is C14H12Cl2FNO. The standard InChI is InChI=1S/C14H12Cl2FNO/c1-19-13-5-2-8(6-11(13)16)14(18)10-4-3-9(15)7-12(10)17/h2-7,14H,18H2,1H3. The molecule has 2 aromatic rings. The van der Waals surface area contributed by atoms with Gasteiger partial charge < -0.3 is 10.5 Å². The molecule has 5 heteroatoms. The quantitative estimate of drug-likeness (QED) is 0.922. The Labute approximate surface area is 120 Å². The summed E-state index contributed by atoms with van der Waals surface area (Å²) in [4.78, 5) is 0. The van der Waals surface area contributed by atoms with Crippen LogP contribution in [0.3, 0.4) is 0 Å². The van der Waals surface area contributed by atoms with Gasteiger partial charge in [-0.25, -0.2) is 4.39 Å². The molecule has 0 bridgehead atoms. The van der Waals surface area contributed by atoms with E-state index >= 15 is 0 Å². The van der Waals surface area contributed by atoms with Crippen LogP contribution < -0.4 is 10.5 Å². The van der Waals surface area contributed by atoms with E-state index in [9.17, 15) is 4.39 Å². The van der Waals surface area contributed by atoms with Crippen LogP contribution in [0.15, 0.2) is 36.4 Å². The first kappa shape index (κ1) is 14.1. The van der Waals surface area contributed by atoms with Gasteiger partial charge in [-0.1, -0.05) is 35.3 Å². The Morgan fingerprint density at radius 1 is 1.16 bits per heavy atom. The fourth-order valence-electron chi connectivity index (χ4n) is 1.81. The summed E-state index contributed by atoms with van der Waals surface area (Å²) >= 11 is 11.7. The van der Waals surface area contributed by atoms with Gasteiger partial charge >= 0.3 is 0 Å². The number of ether oxygens (including phenoxy) is 1. The number of methoxy groups -OCH3 is 1. The van der Waals surface area contributed by atoms with Gasteiger partial charge in [0.05, 0.1) is 18.2 Å². The van der Waals surface area contributed by atoms with Gasteiger partial charge in [-0.2, -0.15) is 0 Å². The monoisotopic (exact) mass is 299 g/mol. The first-order chi connectivity index (χ1) is 9.02. The molecule has 19 heavy (non-hydrogen) atoms. The Kier molecular flexibility index (Phi) is 4.30. The number of hydrogen-bond donors (Lipinski definition) is 1. The van der Waals surface area contributed by atoms with Gasteiger partial charge in [0.25, 0.3) is 0 Å². The van der Waals surface area contributed by atoms with Crippen molar-refractivity contribution < 1.29 is 9.13 Å². The van der Waals surface area contributed by atoms with Crippen molar-refractivity contribution in [2.24, 2.45) is 5.73 Å². The Hall–Kier alpha value is -1.29. The Morgan fingerprint density at radius 2 is 1.89 bits per heavy atom. The number of hydrogen-bond acceptors (Lipinski definition) is 2. The summed E-state index contributed by atoms with van der Waals surface area (Å²) in [6.45, 7) is 0. The zero-order valence-electron chi connectivity index (χ0n) is 10.2. The van der Waals surface area contributed by atoms with Crippen LogP contribution in [-0.4, -0.2) is 7.11 Å². The summed E-state index contributed by atoms with van der Waals surface area (Å²) in [5.74, 6) is 0.112. The number of rotatable bonds is 3. The Balaban J connectivity index is 2.38. The lowest BCUT2D eigenvalue weighted by Crippen LogP contribution is -2.13. The molecule has 100 valence electrons. The maximum Gasteiger partial charge on any atom is 0.137 e. The zero-order chi connectivity index (χ0) is 14.0. The molecule has 0 aliphatic carbocycles. The second-order valence-corrected chi connectivity index (χ2v) is 4.88. The maximum atomic E-state index is 13.8. The van der Waals surface area contributed by atoms with E-state index in [1.165, 1.54) is 13.2 Å². The van der Waals surface area contributed by atoms with Crippen molar-refractivity contribution in [3.8, 4) is 5.75 Å². The van der Waals surface area contributed by atoms with Gasteiger partial charge in [0, 0.05) is 10.6 Å². The molecule has 0 radical (unpaired) electrons. The summed E-state index contributed by atoms with van der Waals surface area (Å²) in [5, 5.41) is 0.769. The van der Waals surface area contributed by atoms with Crippen molar-refractivity contribution in [3.05, 3.63) is 63.4 Å². The molecule has 0 heterocycles. The highest BCUT2D eigenvalue weighted by Crippen LogP contribution is 2.30. The lowest BCUT2D eigenvalue weighted by molar-refractivity contribution is 0.415. The van der Waals surface area contributed by atoms with Gasteiger partial charge in [0.15, 0.2) is 0 Å². The Morgan fingerprint density at radius 3 is 2.47 bits per heavy atom. The van der Waals surface area contributed by atoms with Crippen LogP contribution >= 0.6 is 23.2 Å². The highest BCUT2D eigenvalue weighted by Gasteiger charge is 2.15. The molecule has 0 saturated carbocycles. The molecule has 1 atom stereocenters. The predicted octanol–water partition coefficient (Wildman–Crippen LogP) is 4.19. The third-order valence-corrected chi connectivity index (χ3v) is 3.36. The van der Waals surface area contributed by atoms with Gasteiger partial charge in [0.2, 0.25) is 0 Å². The molecule has 0 aliphatic rings. The van der Waals surface area contributed by atoms with Crippen molar-refractivity contribution in [1.82, 2.24) is 0 Å². The topological polar surface area (TPSA) is 35.2 Å². The second-order valence-electron chi connectivity index (χ2n) is 4.04. The van der Waals surface area contributed by atoms with Gasteiger partial charge in [-0.3, -0.25) is 0 Å². The van der Waals surface area contributed by atoms with Crippen LogP contribution in [0, 0.1) is 5.82 Å². The first-order valence-corrected chi connectivity index (χ1v) is 6.32. The molecule has 0 fully saturated rings. The third-order valence-electron chi connectivity index (χ3n) is 2.83. The fourth-order valence-corrected chi connectivity index (χ4v) is 2.23. The fraction of sp³-hybridized carbons (Fsp3) is 0.143. The van der Waals surface area contributed by atoms with Crippen LogP contribution in [0.4, 0.5) is 4.39 Å². The van der Waals surface area contributed by atoms with Gasteiger partial charge in [-0.05, 0) is 29.8 Å². The molecule has 0 aliphatic heterocycles. The molecule has 0 spiro atoms. The zero-order valence-corrected chi connectivity index (χ0v) is 11.7. The van der Waals surface area contributed by atoms with E-state index in [1.54, 1.807) is 30.3 Å². The maximum absolute atomic E-state index is 13.8. The van der Waals surface area contributed by atoms with E-state index in [0.717, 1.165) is 0 Å². The summed E-state index contributed by atoms with van der Waals surface area (Å²) < 4.78 is 18.9. The van der Waals surface area contributed by atoms with Crippen molar-refractivity contribution in [2.75, 3.05) is 7.11 Å². The number of nitrogens with two attached hydrogens (primary N) is 1. The first-order valence-electron chi connectivity index (χ1n) is 5.57.